The molecular weight excluding hydrogens is 330 g/mol. The second-order valence-electron chi connectivity index (χ2n) is 6.30. The Hall–Kier alpha value is -3.15. The van der Waals surface area contributed by atoms with Crippen LogP contribution in [0.1, 0.15) is 46.0 Å². The molecule has 0 bridgehead atoms. The molecule has 0 saturated heterocycles. The van der Waals surface area contributed by atoms with Crippen molar-refractivity contribution in [2.75, 3.05) is 5.32 Å². The van der Waals surface area contributed by atoms with Crippen LogP contribution in [0.25, 0.3) is 0 Å². The Bertz CT molecular complexity index is 809. The van der Waals surface area contributed by atoms with Gasteiger partial charge in [0.25, 0.3) is 11.8 Å². The number of hydrogen-bond acceptors (Lipinski definition) is 3. The monoisotopic (exact) mass is 351 g/mol. The Kier molecular flexibility index (Phi) is 5.31. The largest absolute Gasteiger partial charge is 0.326 e. The molecule has 3 rings (SSSR count). The maximum atomic E-state index is 12.1. The molecule has 0 radical (unpaired) electrons. The minimum Gasteiger partial charge on any atom is -0.326 e. The number of benzene rings is 2. The summed E-state index contributed by atoms with van der Waals surface area (Å²) >= 11 is 0. The van der Waals surface area contributed by atoms with Crippen LogP contribution in [0.15, 0.2) is 48.5 Å². The Morgan fingerprint density at radius 2 is 1.35 bits per heavy atom. The first-order valence-corrected chi connectivity index (χ1v) is 8.67. The molecule has 3 amide bonds. The third kappa shape index (κ3) is 4.47. The predicted molar refractivity (Wildman–Crippen MR) is 98.5 cm³/mol. The molecule has 2 aromatic carbocycles. The van der Waals surface area contributed by atoms with Gasteiger partial charge in [-0.05, 0) is 61.2 Å². The van der Waals surface area contributed by atoms with Crippen molar-refractivity contribution < 1.29 is 14.4 Å². The lowest BCUT2D eigenvalue weighted by atomic mass is 10.1. The van der Waals surface area contributed by atoms with Crippen LogP contribution < -0.4 is 16.2 Å². The highest BCUT2D eigenvalue weighted by atomic mass is 16.2. The Balaban J connectivity index is 1.52. The van der Waals surface area contributed by atoms with Gasteiger partial charge in [-0.1, -0.05) is 19.1 Å². The van der Waals surface area contributed by atoms with Gasteiger partial charge in [-0.3, -0.25) is 25.2 Å². The Labute approximate surface area is 152 Å². The summed E-state index contributed by atoms with van der Waals surface area (Å²) in [5, 5.41) is 2.81. The Morgan fingerprint density at radius 1 is 0.846 bits per heavy atom. The number of aryl methyl sites for hydroxylation is 1. The van der Waals surface area contributed by atoms with E-state index in [-0.39, 0.29) is 17.7 Å². The van der Waals surface area contributed by atoms with E-state index in [0.29, 0.717) is 16.8 Å². The lowest BCUT2D eigenvalue weighted by Crippen LogP contribution is -2.41. The highest BCUT2D eigenvalue weighted by Gasteiger charge is 2.29. The number of hydrogen-bond donors (Lipinski definition) is 3. The molecule has 134 valence electrons. The summed E-state index contributed by atoms with van der Waals surface area (Å²) in [6, 6.07) is 13.7. The van der Waals surface area contributed by atoms with Gasteiger partial charge in [-0.15, -0.1) is 0 Å². The fourth-order valence-electron chi connectivity index (χ4n) is 2.44. The number of carbonyl (C=O) groups excluding carboxylic acids is 3. The van der Waals surface area contributed by atoms with Crippen molar-refractivity contribution in [1.29, 1.82) is 0 Å². The van der Waals surface area contributed by atoms with Gasteiger partial charge in [0, 0.05) is 22.7 Å². The van der Waals surface area contributed by atoms with Crippen LogP contribution in [0.2, 0.25) is 0 Å². The van der Waals surface area contributed by atoms with Crippen LogP contribution in [0.5, 0.6) is 0 Å². The summed E-state index contributed by atoms with van der Waals surface area (Å²) in [6.07, 6.45) is 2.77. The van der Waals surface area contributed by atoms with Gasteiger partial charge in [0.15, 0.2) is 0 Å². The van der Waals surface area contributed by atoms with E-state index < -0.39 is 5.91 Å². The molecular formula is C20H21N3O3. The van der Waals surface area contributed by atoms with Crippen molar-refractivity contribution in [3.05, 3.63) is 65.2 Å². The zero-order chi connectivity index (χ0) is 18.5. The van der Waals surface area contributed by atoms with E-state index in [1.165, 1.54) is 0 Å². The number of amides is 3. The van der Waals surface area contributed by atoms with Gasteiger partial charge in [-0.2, -0.15) is 0 Å². The van der Waals surface area contributed by atoms with Gasteiger partial charge in [0.1, 0.15) is 0 Å². The van der Waals surface area contributed by atoms with Gasteiger partial charge in [-0.25, -0.2) is 0 Å². The molecule has 0 spiro atoms. The first-order valence-electron chi connectivity index (χ1n) is 8.67. The molecule has 26 heavy (non-hydrogen) atoms. The number of rotatable bonds is 5. The van der Waals surface area contributed by atoms with E-state index in [4.69, 9.17) is 0 Å². The molecule has 6 heteroatoms. The molecule has 3 N–H and O–H groups in total. The molecule has 0 atom stereocenters. The highest BCUT2D eigenvalue weighted by Crippen LogP contribution is 2.30. The minimum atomic E-state index is -0.427. The minimum absolute atomic E-state index is 0.0172. The van der Waals surface area contributed by atoms with Crippen molar-refractivity contribution in [1.82, 2.24) is 10.9 Å². The van der Waals surface area contributed by atoms with E-state index in [2.05, 4.69) is 16.2 Å². The van der Waals surface area contributed by atoms with Gasteiger partial charge in [0.2, 0.25) is 5.91 Å². The van der Waals surface area contributed by atoms with Crippen LogP contribution in [0.4, 0.5) is 5.69 Å². The molecule has 0 aliphatic heterocycles. The van der Waals surface area contributed by atoms with E-state index in [9.17, 15) is 14.4 Å². The molecule has 1 fully saturated rings. The topological polar surface area (TPSA) is 87.3 Å². The van der Waals surface area contributed by atoms with Crippen molar-refractivity contribution >= 4 is 23.4 Å². The van der Waals surface area contributed by atoms with Gasteiger partial charge < -0.3 is 5.32 Å². The van der Waals surface area contributed by atoms with E-state index in [1.807, 2.05) is 19.1 Å². The molecule has 2 aromatic rings. The molecule has 0 heterocycles. The quantitative estimate of drug-likeness (QED) is 0.724. The number of carbonyl (C=O) groups is 3. The first-order chi connectivity index (χ1) is 12.6. The lowest BCUT2D eigenvalue weighted by Gasteiger charge is -2.09. The third-order valence-electron chi connectivity index (χ3n) is 4.28. The molecule has 6 nitrogen and oxygen atoms in total. The van der Waals surface area contributed by atoms with Crippen molar-refractivity contribution in [3.63, 3.8) is 0 Å². The van der Waals surface area contributed by atoms with Crippen molar-refractivity contribution in [3.8, 4) is 0 Å². The summed E-state index contributed by atoms with van der Waals surface area (Å²) in [5.41, 5.74) is 7.43. The summed E-state index contributed by atoms with van der Waals surface area (Å²) in [4.78, 5) is 35.9. The molecule has 0 aromatic heterocycles. The normalized spacial score (nSPS) is 13.0. The Morgan fingerprint density at radius 3 is 1.81 bits per heavy atom. The van der Waals surface area contributed by atoms with Crippen LogP contribution in [-0.2, 0) is 11.2 Å². The summed E-state index contributed by atoms with van der Waals surface area (Å²) in [6.45, 7) is 2.04. The third-order valence-corrected chi connectivity index (χ3v) is 4.28. The highest BCUT2D eigenvalue weighted by molar-refractivity contribution is 5.99. The smallest absolute Gasteiger partial charge is 0.269 e. The van der Waals surface area contributed by atoms with Gasteiger partial charge >= 0.3 is 0 Å². The standard InChI is InChI=1S/C20H21N3O3/c1-2-13-3-5-15(6-4-13)19(25)22-23-20(26)16-9-11-17(12-10-16)21-18(24)14-7-8-14/h3-6,9-12,14H,2,7-8H2,1H3,(H,21,24)(H,22,25)(H,23,26). The second kappa shape index (κ2) is 7.82. The second-order valence-corrected chi connectivity index (χ2v) is 6.30. The average Bonchev–Trinajstić information content (AvgIpc) is 3.52. The molecule has 1 aliphatic carbocycles. The lowest BCUT2D eigenvalue weighted by molar-refractivity contribution is -0.117. The van der Waals surface area contributed by atoms with Crippen LogP contribution >= 0.6 is 0 Å². The SMILES string of the molecule is CCc1ccc(C(=O)NNC(=O)c2ccc(NC(=O)C3CC3)cc2)cc1. The van der Waals surface area contributed by atoms with Crippen LogP contribution in [0.3, 0.4) is 0 Å². The maximum Gasteiger partial charge on any atom is 0.269 e. The van der Waals surface area contributed by atoms with Crippen LogP contribution in [-0.4, -0.2) is 17.7 Å². The maximum absolute atomic E-state index is 12.1. The number of hydrazine groups is 1. The molecule has 1 aliphatic rings. The molecule has 1 saturated carbocycles. The number of anilines is 1. The fourth-order valence-corrected chi connectivity index (χ4v) is 2.44. The summed E-state index contributed by atoms with van der Waals surface area (Å²) in [5.74, 6) is -0.666. The average molecular weight is 351 g/mol. The van der Waals surface area contributed by atoms with Crippen molar-refractivity contribution in [2.24, 2.45) is 5.92 Å². The van der Waals surface area contributed by atoms with E-state index in [1.54, 1.807) is 36.4 Å². The summed E-state index contributed by atoms with van der Waals surface area (Å²) in [7, 11) is 0. The summed E-state index contributed by atoms with van der Waals surface area (Å²) < 4.78 is 0. The predicted octanol–water partition coefficient (Wildman–Crippen LogP) is 2.67. The number of nitrogens with one attached hydrogen (secondary N) is 3. The van der Waals surface area contributed by atoms with Crippen LogP contribution in [0, 0.1) is 5.92 Å². The fraction of sp³-hybridized carbons (Fsp3) is 0.250. The van der Waals surface area contributed by atoms with Gasteiger partial charge in [0.05, 0.1) is 0 Å². The first kappa shape index (κ1) is 17.7. The molecule has 0 unspecified atom stereocenters. The van der Waals surface area contributed by atoms with Crippen molar-refractivity contribution in [2.45, 2.75) is 26.2 Å². The van der Waals surface area contributed by atoms with E-state index in [0.717, 1.165) is 24.8 Å². The zero-order valence-electron chi connectivity index (χ0n) is 14.5. The zero-order valence-corrected chi connectivity index (χ0v) is 14.5. The van der Waals surface area contributed by atoms with E-state index >= 15 is 0 Å².